The second-order valence-electron chi connectivity index (χ2n) is 4.96. The van der Waals surface area contributed by atoms with Crippen molar-refractivity contribution in [3.63, 3.8) is 0 Å². The van der Waals surface area contributed by atoms with E-state index in [0.29, 0.717) is 16.7 Å². The zero-order valence-corrected chi connectivity index (χ0v) is 12.5. The number of carbonyl (C=O) groups is 1. The predicted octanol–water partition coefficient (Wildman–Crippen LogP) is 3.70. The lowest BCUT2D eigenvalue weighted by Crippen LogP contribution is -2.11. The second-order valence-corrected chi connectivity index (χ2v) is 4.96. The van der Waals surface area contributed by atoms with Crippen LogP contribution in [-0.4, -0.2) is 12.9 Å². The minimum Gasteiger partial charge on any atom is -0.497 e. The highest BCUT2D eigenvalue weighted by atomic mass is 16.5. The maximum atomic E-state index is 12.2. The molecule has 2 aromatic carbocycles. The number of ketones is 1. The van der Waals surface area contributed by atoms with Crippen LogP contribution in [0.4, 0.5) is 0 Å². The predicted molar refractivity (Wildman–Crippen MR) is 88.8 cm³/mol. The van der Waals surface area contributed by atoms with E-state index in [0.717, 1.165) is 5.56 Å². The van der Waals surface area contributed by atoms with E-state index in [1.807, 2.05) is 30.3 Å². The topological polar surface area (TPSA) is 56.5 Å². The minimum atomic E-state index is -0.659. The van der Waals surface area contributed by atoms with Crippen molar-refractivity contribution in [3.8, 4) is 5.75 Å². The van der Waals surface area contributed by atoms with E-state index in [4.69, 9.17) is 9.15 Å². The number of hydrogen-bond donors (Lipinski definition) is 0. The van der Waals surface area contributed by atoms with E-state index < -0.39 is 5.63 Å². The number of carbonyl (C=O) groups excluding carboxylic acids is 1. The van der Waals surface area contributed by atoms with Gasteiger partial charge in [-0.2, -0.15) is 0 Å². The monoisotopic (exact) mass is 306 g/mol. The van der Waals surface area contributed by atoms with Gasteiger partial charge in [0.05, 0.1) is 7.11 Å². The fourth-order valence-corrected chi connectivity index (χ4v) is 2.22. The molecule has 4 heteroatoms. The van der Waals surface area contributed by atoms with Crippen molar-refractivity contribution in [2.45, 2.75) is 0 Å². The number of methoxy groups -OCH3 is 1. The number of rotatable bonds is 4. The van der Waals surface area contributed by atoms with E-state index in [-0.39, 0.29) is 11.3 Å². The average molecular weight is 306 g/mol. The SMILES string of the molecule is COc1ccc2cc(C(=O)C=Cc3ccccc3)c(=O)oc2c1. The lowest BCUT2D eigenvalue weighted by molar-refractivity contribution is 0.104. The molecule has 0 radical (unpaired) electrons. The zero-order chi connectivity index (χ0) is 16.2. The molecule has 3 rings (SSSR count). The molecule has 0 aliphatic rings. The second kappa shape index (κ2) is 6.32. The molecule has 0 atom stereocenters. The minimum absolute atomic E-state index is 0.00912. The molecule has 0 fully saturated rings. The largest absolute Gasteiger partial charge is 0.497 e. The van der Waals surface area contributed by atoms with Gasteiger partial charge in [-0.3, -0.25) is 4.79 Å². The molecular formula is C19H14O4. The van der Waals surface area contributed by atoms with Crippen molar-refractivity contribution in [1.29, 1.82) is 0 Å². The summed E-state index contributed by atoms with van der Waals surface area (Å²) in [7, 11) is 1.53. The lowest BCUT2D eigenvalue weighted by Gasteiger charge is -2.02. The van der Waals surface area contributed by atoms with Crippen LogP contribution < -0.4 is 10.4 Å². The quantitative estimate of drug-likeness (QED) is 0.419. The van der Waals surface area contributed by atoms with Crippen LogP contribution in [0, 0.1) is 0 Å². The van der Waals surface area contributed by atoms with Crippen LogP contribution in [0.5, 0.6) is 5.75 Å². The average Bonchev–Trinajstić information content (AvgIpc) is 2.59. The molecule has 0 aliphatic heterocycles. The van der Waals surface area contributed by atoms with Crippen LogP contribution in [0.2, 0.25) is 0 Å². The molecule has 0 saturated carbocycles. The van der Waals surface area contributed by atoms with E-state index in [1.165, 1.54) is 19.3 Å². The number of ether oxygens (including phenoxy) is 1. The summed E-state index contributed by atoms with van der Waals surface area (Å²) in [6.07, 6.45) is 3.04. The molecule has 0 saturated heterocycles. The lowest BCUT2D eigenvalue weighted by atomic mass is 10.1. The Balaban J connectivity index is 1.96. The van der Waals surface area contributed by atoms with Crippen LogP contribution in [0.25, 0.3) is 17.0 Å². The van der Waals surface area contributed by atoms with Gasteiger partial charge in [0.2, 0.25) is 0 Å². The third-order valence-corrected chi connectivity index (χ3v) is 3.44. The summed E-state index contributed by atoms with van der Waals surface area (Å²) in [4.78, 5) is 24.3. The van der Waals surface area contributed by atoms with Crippen molar-refractivity contribution in [3.05, 3.63) is 82.2 Å². The summed E-state index contributed by atoms with van der Waals surface area (Å²) in [5.74, 6) is 0.198. The molecule has 4 nitrogen and oxygen atoms in total. The van der Waals surface area contributed by atoms with Crippen LogP contribution in [-0.2, 0) is 0 Å². The van der Waals surface area contributed by atoms with Crippen molar-refractivity contribution in [2.75, 3.05) is 7.11 Å². The highest BCUT2D eigenvalue weighted by molar-refractivity contribution is 6.07. The number of fused-ring (bicyclic) bond motifs is 1. The van der Waals surface area contributed by atoms with Gasteiger partial charge < -0.3 is 9.15 Å². The molecule has 0 amide bonds. The van der Waals surface area contributed by atoms with Crippen LogP contribution >= 0.6 is 0 Å². The Morgan fingerprint density at radius 2 is 1.87 bits per heavy atom. The first-order valence-corrected chi connectivity index (χ1v) is 7.07. The summed E-state index contributed by atoms with van der Waals surface area (Å²) in [5.41, 5.74) is 0.622. The zero-order valence-electron chi connectivity index (χ0n) is 12.5. The maximum absolute atomic E-state index is 12.2. The van der Waals surface area contributed by atoms with Crippen LogP contribution in [0.3, 0.4) is 0 Å². The van der Waals surface area contributed by atoms with Crippen molar-refractivity contribution >= 4 is 22.8 Å². The first-order valence-electron chi connectivity index (χ1n) is 7.07. The van der Waals surface area contributed by atoms with Gasteiger partial charge in [0.25, 0.3) is 0 Å². The number of benzene rings is 2. The number of allylic oxidation sites excluding steroid dienone is 1. The highest BCUT2D eigenvalue weighted by Gasteiger charge is 2.11. The van der Waals surface area contributed by atoms with Gasteiger partial charge in [-0.25, -0.2) is 4.79 Å². The standard InChI is InChI=1S/C19H14O4/c1-22-15-9-8-14-11-16(19(21)23-18(14)12-15)17(20)10-7-13-5-3-2-4-6-13/h2-12H,1H3. The van der Waals surface area contributed by atoms with Crippen molar-refractivity contribution in [2.24, 2.45) is 0 Å². The van der Waals surface area contributed by atoms with E-state index in [9.17, 15) is 9.59 Å². The molecule has 1 aromatic heterocycles. The Labute approximate surface area is 132 Å². The fourth-order valence-electron chi connectivity index (χ4n) is 2.22. The summed E-state index contributed by atoms with van der Waals surface area (Å²) < 4.78 is 10.3. The van der Waals surface area contributed by atoms with Crippen molar-refractivity contribution in [1.82, 2.24) is 0 Å². The molecule has 0 bridgehead atoms. The highest BCUT2D eigenvalue weighted by Crippen LogP contribution is 2.20. The van der Waals surface area contributed by atoms with E-state index in [2.05, 4.69) is 0 Å². The van der Waals surface area contributed by atoms with Crippen LogP contribution in [0.1, 0.15) is 15.9 Å². The maximum Gasteiger partial charge on any atom is 0.347 e. The first kappa shape index (κ1) is 14.8. The fraction of sp³-hybridized carbons (Fsp3) is 0.0526. The summed E-state index contributed by atoms with van der Waals surface area (Å²) in [6.45, 7) is 0. The summed E-state index contributed by atoms with van der Waals surface area (Å²) >= 11 is 0. The Morgan fingerprint density at radius 3 is 2.61 bits per heavy atom. The van der Waals surface area contributed by atoms with Gasteiger partial charge in [-0.05, 0) is 29.8 Å². The third-order valence-electron chi connectivity index (χ3n) is 3.44. The summed E-state index contributed by atoms with van der Waals surface area (Å²) in [6, 6.07) is 16.0. The molecule has 0 unspecified atom stereocenters. The van der Waals surface area contributed by atoms with Gasteiger partial charge in [-0.15, -0.1) is 0 Å². The smallest absolute Gasteiger partial charge is 0.347 e. The van der Waals surface area contributed by atoms with E-state index >= 15 is 0 Å². The molecule has 0 N–H and O–H groups in total. The first-order chi connectivity index (χ1) is 11.2. The Bertz CT molecular complexity index is 936. The summed E-state index contributed by atoms with van der Waals surface area (Å²) in [5, 5.41) is 0.668. The molecule has 0 aliphatic carbocycles. The Kier molecular flexibility index (Phi) is 4.06. The molecule has 23 heavy (non-hydrogen) atoms. The number of hydrogen-bond acceptors (Lipinski definition) is 4. The van der Waals surface area contributed by atoms with Gasteiger partial charge in [0, 0.05) is 11.5 Å². The van der Waals surface area contributed by atoms with E-state index in [1.54, 1.807) is 24.3 Å². The van der Waals surface area contributed by atoms with Gasteiger partial charge >= 0.3 is 5.63 Å². The molecule has 0 spiro atoms. The van der Waals surface area contributed by atoms with Gasteiger partial charge in [-0.1, -0.05) is 36.4 Å². The molecule has 3 aromatic rings. The molecule has 114 valence electrons. The molecule has 1 heterocycles. The van der Waals surface area contributed by atoms with Crippen molar-refractivity contribution < 1.29 is 13.9 Å². The Morgan fingerprint density at radius 1 is 1.09 bits per heavy atom. The molecular weight excluding hydrogens is 292 g/mol. The van der Waals surface area contributed by atoms with Crippen LogP contribution in [0.15, 0.2) is 69.9 Å². The van der Waals surface area contributed by atoms with Gasteiger partial charge in [0.1, 0.15) is 16.9 Å². The third kappa shape index (κ3) is 3.21. The Hall–Kier alpha value is -3.14. The normalized spacial score (nSPS) is 11.0. The van der Waals surface area contributed by atoms with Gasteiger partial charge in [0.15, 0.2) is 5.78 Å².